The van der Waals surface area contributed by atoms with Crippen molar-refractivity contribution < 1.29 is 19.4 Å². The van der Waals surface area contributed by atoms with Crippen molar-refractivity contribution in [3.8, 4) is 0 Å². The number of hydrogen-bond acceptors (Lipinski definition) is 5. The van der Waals surface area contributed by atoms with Crippen molar-refractivity contribution in [2.75, 3.05) is 49.6 Å². The first-order valence-corrected chi connectivity index (χ1v) is 11.9. The van der Waals surface area contributed by atoms with Gasteiger partial charge >= 0.3 is 6.03 Å². The van der Waals surface area contributed by atoms with E-state index in [1.165, 1.54) is 0 Å². The molecule has 9 heteroatoms. The van der Waals surface area contributed by atoms with Crippen LogP contribution in [-0.2, 0) is 15.3 Å². The minimum atomic E-state index is -2.21. The molecule has 2 aromatic rings. The molecule has 1 atom stereocenters. The zero-order valence-electron chi connectivity index (χ0n) is 18.9. The number of rotatable bonds is 6. The molecule has 0 bridgehead atoms. The van der Waals surface area contributed by atoms with Crippen molar-refractivity contribution in [1.82, 2.24) is 10.2 Å². The van der Waals surface area contributed by atoms with Gasteiger partial charge in [-0.3, -0.25) is 14.6 Å². The van der Waals surface area contributed by atoms with Crippen LogP contribution in [0.15, 0.2) is 40.9 Å². The van der Waals surface area contributed by atoms with Crippen LogP contribution in [0.1, 0.15) is 23.1 Å². The highest BCUT2D eigenvalue weighted by molar-refractivity contribution is 9.10. The molecule has 0 aromatic heterocycles. The summed E-state index contributed by atoms with van der Waals surface area (Å²) in [5.74, 6) is -0.642. The number of anilines is 2. The van der Waals surface area contributed by atoms with Gasteiger partial charge in [0, 0.05) is 35.4 Å². The third-order valence-corrected chi connectivity index (χ3v) is 6.72. The molecular formula is C24H29BrN4O4. The number of morpholine rings is 1. The quantitative estimate of drug-likeness (QED) is 0.513. The smallest absolute Gasteiger partial charge is 0.329 e. The standard InChI is InChI=1S/C24H29BrN4O4/c1-16-4-6-19(14-17(16)2)29-23(31)27-21-7-5-18(25)15-20(21)24(29,32)22(30)26-8-3-9-28-10-12-33-13-11-28/h4-7,14-15,32H,3,8-13H2,1-2H3,(H,26,30)(H,27,31)/t24-/m0/s1. The highest BCUT2D eigenvalue weighted by Crippen LogP contribution is 2.41. The van der Waals surface area contributed by atoms with Crippen LogP contribution in [0.2, 0.25) is 0 Å². The van der Waals surface area contributed by atoms with E-state index in [0.29, 0.717) is 28.0 Å². The molecule has 4 rings (SSSR count). The Morgan fingerprint density at radius 1 is 1.18 bits per heavy atom. The lowest BCUT2D eigenvalue weighted by atomic mass is 9.94. The lowest BCUT2D eigenvalue weighted by molar-refractivity contribution is -0.140. The molecule has 8 nitrogen and oxygen atoms in total. The van der Waals surface area contributed by atoms with Crippen LogP contribution in [0.4, 0.5) is 16.2 Å². The minimum Gasteiger partial charge on any atom is -0.379 e. The Hall–Kier alpha value is -2.46. The van der Waals surface area contributed by atoms with Gasteiger partial charge in [-0.05, 0) is 68.3 Å². The maximum absolute atomic E-state index is 13.5. The van der Waals surface area contributed by atoms with Crippen molar-refractivity contribution in [3.63, 3.8) is 0 Å². The number of ether oxygens (including phenoxy) is 1. The van der Waals surface area contributed by atoms with Crippen molar-refractivity contribution in [2.24, 2.45) is 0 Å². The summed E-state index contributed by atoms with van der Waals surface area (Å²) in [4.78, 5) is 30.0. The second-order valence-corrected chi connectivity index (χ2v) is 9.38. The molecule has 2 aliphatic heterocycles. The summed E-state index contributed by atoms with van der Waals surface area (Å²) in [6, 6.07) is 9.93. The maximum Gasteiger partial charge on any atom is 0.329 e. The van der Waals surface area contributed by atoms with Gasteiger partial charge < -0.3 is 20.5 Å². The number of halogens is 1. The fourth-order valence-electron chi connectivity index (χ4n) is 4.20. The first-order chi connectivity index (χ1) is 15.8. The van der Waals surface area contributed by atoms with Crippen molar-refractivity contribution in [3.05, 3.63) is 57.6 Å². The summed E-state index contributed by atoms with van der Waals surface area (Å²) in [5, 5.41) is 17.6. The van der Waals surface area contributed by atoms with Gasteiger partial charge in [0.05, 0.1) is 18.9 Å². The van der Waals surface area contributed by atoms with Crippen LogP contribution < -0.4 is 15.5 Å². The van der Waals surface area contributed by atoms with Crippen LogP contribution in [0.25, 0.3) is 0 Å². The van der Waals surface area contributed by atoms with Gasteiger partial charge in [-0.2, -0.15) is 0 Å². The number of amides is 3. The lowest BCUT2D eigenvalue weighted by Gasteiger charge is -2.43. The van der Waals surface area contributed by atoms with E-state index in [4.69, 9.17) is 4.74 Å². The summed E-state index contributed by atoms with van der Waals surface area (Å²) >= 11 is 3.42. The van der Waals surface area contributed by atoms with E-state index in [-0.39, 0.29) is 0 Å². The molecule has 0 unspecified atom stereocenters. The SMILES string of the molecule is Cc1ccc(N2C(=O)Nc3ccc(Br)cc3[C@]2(O)C(=O)NCCCN2CCOCC2)cc1C. The molecule has 33 heavy (non-hydrogen) atoms. The van der Waals surface area contributed by atoms with Crippen LogP contribution in [0.3, 0.4) is 0 Å². The highest BCUT2D eigenvalue weighted by atomic mass is 79.9. The molecule has 2 heterocycles. The van der Waals surface area contributed by atoms with Crippen LogP contribution in [0, 0.1) is 13.8 Å². The van der Waals surface area contributed by atoms with E-state index in [2.05, 4.69) is 31.5 Å². The molecule has 0 spiro atoms. The zero-order chi connectivity index (χ0) is 23.6. The second-order valence-electron chi connectivity index (χ2n) is 8.46. The predicted molar refractivity (Wildman–Crippen MR) is 130 cm³/mol. The Balaban J connectivity index is 1.62. The summed E-state index contributed by atoms with van der Waals surface area (Å²) in [6.07, 6.45) is 0.725. The molecule has 0 aliphatic carbocycles. The summed E-state index contributed by atoms with van der Waals surface area (Å²) in [7, 11) is 0. The first-order valence-electron chi connectivity index (χ1n) is 11.1. The van der Waals surface area contributed by atoms with E-state index in [9.17, 15) is 14.7 Å². The molecule has 2 aliphatic rings. The topological polar surface area (TPSA) is 94.1 Å². The van der Waals surface area contributed by atoms with Gasteiger partial charge in [0.2, 0.25) is 0 Å². The van der Waals surface area contributed by atoms with E-state index < -0.39 is 17.7 Å². The van der Waals surface area contributed by atoms with E-state index in [1.54, 1.807) is 30.3 Å². The maximum atomic E-state index is 13.5. The van der Waals surface area contributed by atoms with E-state index in [1.807, 2.05) is 19.9 Å². The Kier molecular flexibility index (Phi) is 7.04. The fraction of sp³-hybridized carbons (Fsp3) is 0.417. The molecular weight excluding hydrogens is 488 g/mol. The molecule has 0 saturated carbocycles. The number of carbonyl (C=O) groups excluding carboxylic acids is 2. The average molecular weight is 517 g/mol. The summed E-state index contributed by atoms with van der Waals surface area (Å²) < 4.78 is 6.06. The van der Waals surface area contributed by atoms with Gasteiger partial charge in [0.1, 0.15) is 0 Å². The van der Waals surface area contributed by atoms with Crippen LogP contribution >= 0.6 is 15.9 Å². The number of aryl methyl sites for hydroxylation is 2. The minimum absolute atomic E-state index is 0.306. The van der Waals surface area contributed by atoms with Gasteiger partial charge in [0.15, 0.2) is 0 Å². The molecule has 2 aromatic carbocycles. The summed E-state index contributed by atoms with van der Waals surface area (Å²) in [6.45, 7) is 8.29. The predicted octanol–water partition coefficient (Wildman–Crippen LogP) is 3.10. The van der Waals surface area contributed by atoms with E-state index >= 15 is 0 Å². The van der Waals surface area contributed by atoms with E-state index in [0.717, 1.165) is 55.3 Å². The number of carbonyl (C=O) groups is 2. The summed E-state index contributed by atoms with van der Waals surface area (Å²) in [5.41, 5.74) is 0.938. The number of nitrogens with zero attached hydrogens (tertiary/aromatic N) is 2. The number of hydrogen-bond donors (Lipinski definition) is 3. The molecule has 1 fully saturated rings. The van der Waals surface area contributed by atoms with Gasteiger partial charge in [-0.1, -0.05) is 22.0 Å². The number of urea groups is 1. The Bertz CT molecular complexity index is 1060. The van der Waals surface area contributed by atoms with Gasteiger partial charge in [-0.15, -0.1) is 0 Å². The second kappa shape index (κ2) is 9.80. The van der Waals surface area contributed by atoms with Crippen molar-refractivity contribution in [2.45, 2.75) is 26.0 Å². The molecule has 3 N–H and O–H groups in total. The number of nitrogens with one attached hydrogen (secondary N) is 2. The molecule has 0 radical (unpaired) electrons. The average Bonchev–Trinajstić information content (AvgIpc) is 2.80. The Morgan fingerprint density at radius 2 is 1.94 bits per heavy atom. The Labute approximate surface area is 202 Å². The van der Waals surface area contributed by atoms with Crippen LogP contribution in [0.5, 0.6) is 0 Å². The Morgan fingerprint density at radius 3 is 2.67 bits per heavy atom. The fourth-order valence-corrected chi connectivity index (χ4v) is 4.56. The largest absolute Gasteiger partial charge is 0.379 e. The third kappa shape index (κ3) is 4.77. The number of benzene rings is 2. The first kappa shape index (κ1) is 23.7. The lowest BCUT2D eigenvalue weighted by Crippen LogP contribution is -2.62. The number of aliphatic hydroxyl groups is 1. The molecule has 3 amide bonds. The monoisotopic (exact) mass is 516 g/mol. The number of fused-ring (bicyclic) bond motifs is 1. The van der Waals surface area contributed by atoms with Crippen molar-refractivity contribution in [1.29, 1.82) is 0 Å². The highest BCUT2D eigenvalue weighted by Gasteiger charge is 2.52. The third-order valence-electron chi connectivity index (χ3n) is 6.23. The van der Waals surface area contributed by atoms with Gasteiger partial charge in [-0.25, -0.2) is 4.79 Å². The van der Waals surface area contributed by atoms with Crippen LogP contribution in [-0.4, -0.2) is 61.3 Å². The zero-order valence-corrected chi connectivity index (χ0v) is 20.4. The normalized spacial score (nSPS) is 20.8. The van der Waals surface area contributed by atoms with Gasteiger partial charge in [0.25, 0.3) is 11.6 Å². The van der Waals surface area contributed by atoms with Crippen molar-refractivity contribution >= 4 is 39.2 Å². The molecule has 1 saturated heterocycles. The molecule has 176 valence electrons.